The molecule has 4 saturated carbocycles. The summed E-state index contributed by atoms with van der Waals surface area (Å²) in [5, 5.41) is 12.5. The van der Waals surface area contributed by atoms with E-state index in [1.807, 2.05) is 6.92 Å². The average Bonchev–Trinajstić information content (AvgIpc) is 2.66. The van der Waals surface area contributed by atoms with Gasteiger partial charge >= 0.3 is 0 Å². The van der Waals surface area contributed by atoms with Crippen molar-refractivity contribution in [3.63, 3.8) is 0 Å². The van der Waals surface area contributed by atoms with Crippen LogP contribution in [-0.2, 0) is 14.6 Å². The summed E-state index contributed by atoms with van der Waals surface area (Å²) in [7, 11) is -3.92. The molecule has 4 aliphatic rings. The molecule has 0 aliphatic heterocycles. The molecule has 29 heavy (non-hydrogen) atoms. The number of nitro groups is 1. The maximum absolute atomic E-state index is 12.9. The number of benzene rings is 1. The first-order chi connectivity index (χ1) is 13.6. The Kier molecular flexibility index (Phi) is 4.96. The number of nitrogens with one attached hydrogen (secondary N) is 1. The van der Waals surface area contributed by atoms with Gasteiger partial charge < -0.3 is 5.32 Å². The Morgan fingerprint density at radius 2 is 1.55 bits per heavy atom. The smallest absolute Gasteiger partial charge is 0.269 e. The van der Waals surface area contributed by atoms with E-state index in [0.29, 0.717) is 0 Å². The molecule has 1 aromatic rings. The third-order valence-electron chi connectivity index (χ3n) is 7.57. The highest BCUT2D eigenvalue weighted by Crippen LogP contribution is 2.61. The SMILES string of the molecule is C[C@H](NC(=O)[C@H](C)S(=O)(=O)c1ccc([N+](=O)[O-])cc1)C12CC3CC(CC(C3)C1)C2. The molecule has 0 saturated heterocycles. The van der Waals surface area contributed by atoms with Gasteiger partial charge in [0.2, 0.25) is 5.91 Å². The van der Waals surface area contributed by atoms with E-state index in [4.69, 9.17) is 0 Å². The first kappa shape index (κ1) is 20.3. The van der Waals surface area contributed by atoms with Gasteiger partial charge in [-0.15, -0.1) is 0 Å². The van der Waals surface area contributed by atoms with Crippen LogP contribution in [0.1, 0.15) is 52.4 Å². The molecule has 7 nitrogen and oxygen atoms in total. The molecule has 1 aromatic carbocycles. The van der Waals surface area contributed by atoms with Crippen molar-refractivity contribution in [3.8, 4) is 0 Å². The van der Waals surface area contributed by atoms with E-state index >= 15 is 0 Å². The average molecular weight is 421 g/mol. The molecular formula is C21H28N2O5S. The van der Waals surface area contributed by atoms with Crippen molar-refractivity contribution in [2.45, 2.75) is 68.6 Å². The summed E-state index contributed by atoms with van der Waals surface area (Å²) in [6.07, 6.45) is 7.32. The predicted molar refractivity (Wildman–Crippen MR) is 108 cm³/mol. The minimum absolute atomic E-state index is 0.0575. The molecule has 158 valence electrons. The van der Waals surface area contributed by atoms with E-state index in [-0.39, 0.29) is 22.0 Å². The maximum atomic E-state index is 12.9. The number of hydrogen-bond acceptors (Lipinski definition) is 5. The van der Waals surface area contributed by atoms with E-state index in [9.17, 15) is 23.3 Å². The third kappa shape index (κ3) is 3.56. The third-order valence-corrected chi connectivity index (χ3v) is 9.65. The van der Waals surface area contributed by atoms with Crippen LogP contribution in [0.25, 0.3) is 0 Å². The zero-order chi connectivity index (χ0) is 21.0. The lowest BCUT2D eigenvalue weighted by molar-refractivity contribution is -0.384. The second-order valence-electron chi connectivity index (χ2n) is 9.45. The molecule has 0 spiro atoms. The van der Waals surface area contributed by atoms with Crippen LogP contribution in [0.3, 0.4) is 0 Å². The van der Waals surface area contributed by atoms with Crippen LogP contribution in [-0.4, -0.2) is 30.5 Å². The van der Waals surface area contributed by atoms with Crippen LogP contribution in [0, 0.1) is 33.3 Å². The molecule has 8 heteroatoms. The van der Waals surface area contributed by atoms with E-state index in [0.717, 1.165) is 49.1 Å². The minimum Gasteiger partial charge on any atom is -0.352 e. The topological polar surface area (TPSA) is 106 Å². The van der Waals surface area contributed by atoms with Gasteiger partial charge in [0, 0.05) is 18.2 Å². The fourth-order valence-corrected chi connectivity index (χ4v) is 7.57. The lowest BCUT2D eigenvalue weighted by Crippen LogP contribution is -2.57. The largest absolute Gasteiger partial charge is 0.352 e. The van der Waals surface area contributed by atoms with E-state index in [1.54, 1.807) is 0 Å². The van der Waals surface area contributed by atoms with E-state index in [2.05, 4.69) is 5.32 Å². The molecule has 0 radical (unpaired) electrons. The minimum atomic E-state index is -3.92. The van der Waals surface area contributed by atoms with Crippen LogP contribution in [0.2, 0.25) is 0 Å². The summed E-state index contributed by atoms with van der Waals surface area (Å²) in [5.41, 5.74) is -0.0853. The molecule has 4 bridgehead atoms. The van der Waals surface area contributed by atoms with Crippen LogP contribution < -0.4 is 5.32 Å². The summed E-state index contributed by atoms with van der Waals surface area (Å²) in [6.45, 7) is 3.41. The zero-order valence-electron chi connectivity index (χ0n) is 16.8. The highest BCUT2D eigenvalue weighted by atomic mass is 32.2. The highest BCUT2D eigenvalue weighted by Gasteiger charge is 2.53. The van der Waals surface area contributed by atoms with Crippen molar-refractivity contribution in [2.24, 2.45) is 23.2 Å². The standard InChI is InChI=1S/C21H28N2O5S/c1-13(29(27,28)19-5-3-18(4-6-19)23(25)26)20(24)22-14(2)21-10-15-7-16(11-21)9-17(8-15)12-21/h3-6,13-17H,7-12H2,1-2H3,(H,22,24)/t13-,14-,15?,16?,17?,21?/m0/s1. The Hall–Kier alpha value is -1.96. The van der Waals surface area contributed by atoms with Gasteiger partial charge in [0.25, 0.3) is 5.69 Å². The number of nitrogens with zero attached hydrogens (tertiary/aromatic N) is 1. The number of carbonyl (C=O) groups excluding carboxylic acids is 1. The summed E-state index contributed by atoms with van der Waals surface area (Å²) >= 11 is 0. The molecular weight excluding hydrogens is 392 g/mol. The molecule has 5 rings (SSSR count). The van der Waals surface area contributed by atoms with E-state index in [1.165, 1.54) is 38.3 Å². The highest BCUT2D eigenvalue weighted by molar-refractivity contribution is 7.92. The summed E-state index contributed by atoms with van der Waals surface area (Å²) in [4.78, 5) is 23.0. The van der Waals surface area contributed by atoms with Gasteiger partial charge in [-0.2, -0.15) is 0 Å². The number of sulfone groups is 1. The van der Waals surface area contributed by atoms with Gasteiger partial charge in [-0.1, -0.05) is 0 Å². The molecule has 2 atom stereocenters. The molecule has 4 fully saturated rings. The maximum Gasteiger partial charge on any atom is 0.269 e. The summed E-state index contributed by atoms with van der Waals surface area (Å²) in [6, 6.07) is 4.63. The van der Waals surface area contributed by atoms with Gasteiger partial charge in [0.15, 0.2) is 9.84 Å². The first-order valence-electron chi connectivity index (χ1n) is 10.4. The molecule has 4 aliphatic carbocycles. The fourth-order valence-electron chi connectivity index (χ4n) is 6.29. The number of non-ortho nitro benzene ring substituents is 1. The first-order valence-corrected chi connectivity index (χ1v) is 11.9. The zero-order valence-corrected chi connectivity index (χ0v) is 17.7. The van der Waals surface area contributed by atoms with E-state index < -0.39 is 25.9 Å². The Morgan fingerprint density at radius 3 is 2.00 bits per heavy atom. The predicted octanol–water partition coefficient (Wildman–Crippen LogP) is 3.48. The summed E-state index contributed by atoms with van der Waals surface area (Å²) in [5.74, 6) is 1.76. The quantitative estimate of drug-likeness (QED) is 0.560. The number of amides is 1. The van der Waals surface area contributed by atoms with Gasteiger partial charge in [-0.25, -0.2) is 8.42 Å². The van der Waals surface area contributed by atoms with Gasteiger partial charge in [-0.05, 0) is 87.7 Å². The number of hydrogen-bond donors (Lipinski definition) is 1. The Morgan fingerprint density at radius 1 is 1.07 bits per heavy atom. The Labute approximate surface area is 171 Å². The van der Waals surface area contributed by atoms with Crippen molar-refractivity contribution in [1.82, 2.24) is 5.32 Å². The van der Waals surface area contributed by atoms with Crippen molar-refractivity contribution in [3.05, 3.63) is 34.4 Å². The lowest BCUT2D eigenvalue weighted by Gasteiger charge is -2.59. The molecule has 1 N–H and O–H groups in total. The van der Waals surface area contributed by atoms with Gasteiger partial charge in [0.1, 0.15) is 5.25 Å². The Bertz CT molecular complexity index is 890. The van der Waals surface area contributed by atoms with Gasteiger partial charge in [0.05, 0.1) is 9.82 Å². The van der Waals surface area contributed by atoms with Crippen LogP contribution in [0.5, 0.6) is 0 Å². The lowest BCUT2D eigenvalue weighted by atomic mass is 9.48. The normalized spacial score (nSPS) is 32.6. The van der Waals surface area contributed by atoms with Gasteiger partial charge in [-0.3, -0.25) is 14.9 Å². The van der Waals surface area contributed by atoms with Crippen LogP contribution in [0.4, 0.5) is 5.69 Å². The van der Waals surface area contributed by atoms with Crippen molar-refractivity contribution < 1.29 is 18.1 Å². The van der Waals surface area contributed by atoms with Crippen molar-refractivity contribution in [2.75, 3.05) is 0 Å². The number of carbonyl (C=O) groups is 1. The van der Waals surface area contributed by atoms with Crippen LogP contribution >= 0.6 is 0 Å². The second-order valence-corrected chi connectivity index (χ2v) is 11.7. The van der Waals surface area contributed by atoms with Crippen molar-refractivity contribution >= 4 is 21.4 Å². The molecule has 0 heterocycles. The van der Waals surface area contributed by atoms with Crippen molar-refractivity contribution in [1.29, 1.82) is 0 Å². The summed E-state index contributed by atoms with van der Waals surface area (Å²) < 4.78 is 25.7. The Balaban J connectivity index is 1.47. The monoisotopic (exact) mass is 420 g/mol. The second kappa shape index (κ2) is 7.07. The molecule has 0 unspecified atom stereocenters. The molecule has 1 amide bonds. The van der Waals surface area contributed by atoms with Crippen LogP contribution in [0.15, 0.2) is 29.2 Å². The fraction of sp³-hybridized carbons (Fsp3) is 0.667. The molecule has 0 aromatic heterocycles. The number of rotatable bonds is 6. The number of nitro benzene ring substituents is 1.